The highest BCUT2D eigenvalue weighted by atomic mass is 32.2. The van der Waals surface area contributed by atoms with Crippen molar-refractivity contribution < 1.29 is 27.4 Å². The van der Waals surface area contributed by atoms with Crippen LogP contribution in [0.5, 0.6) is 5.75 Å². The topological polar surface area (TPSA) is 99.2 Å². The van der Waals surface area contributed by atoms with Crippen LogP contribution in [0.25, 0.3) is 0 Å². The molecule has 0 unspecified atom stereocenters. The van der Waals surface area contributed by atoms with Crippen LogP contribution in [0.15, 0.2) is 47.4 Å². The molecule has 1 aliphatic heterocycles. The van der Waals surface area contributed by atoms with Crippen molar-refractivity contribution in [2.45, 2.75) is 50.8 Å². The van der Waals surface area contributed by atoms with E-state index in [2.05, 4.69) is 17.2 Å². The Kier molecular flexibility index (Phi) is 9.18. The summed E-state index contributed by atoms with van der Waals surface area (Å²) in [5, 5.41) is 12.6. The first kappa shape index (κ1) is 28.4. The number of carbonyl (C=O) groups is 1. The highest BCUT2D eigenvalue weighted by Crippen LogP contribution is 2.34. The molecule has 3 atom stereocenters. The molecule has 0 saturated carbocycles. The van der Waals surface area contributed by atoms with Gasteiger partial charge >= 0.3 is 6.03 Å². The molecule has 200 valence electrons. The van der Waals surface area contributed by atoms with Gasteiger partial charge in [0.05, 0.1) is 13.2 Å². The summed E-state index contributed by atoms with van der Waals surface area (Å²) in [6.45, 7) is 7.21. The maximum absolute atomic E-state index is 13.6. The fraction of sp³-hybridized carbons (Fsp3) is 0.444. The van der Waals surface area contributed by atoms with Crippen LogP contribution in [0.2, 0.25) is 0 Å². The third-order valence-electron chi connectivity index (χ3n) is 6.08. The number of urea groups is 1. The van der Waals surface area contributed by atoms with Gasteiger partial charge in [0.1, 0.15) is 22.6 Å². The van der Waals surface area contributed by atoms with Crippen LogP contribution in [-0.2, 0) is 10.0 Å². The van der Waals surface area contributed by atoms with Crippen LogP contribution >= 0.6 is 0 Å². The lowest BCUT2D eigenvalue weighted by Crippen LogP contribution is -2.51. The molecule has 0 bridgehead atoms. The van der Waals surface area contributed by atoms with Crippen molar-refractivity contribution in [1.29, 1.82) is 0 Å². The molecule has 0 aromatic heterocycles. The van der Waals surface area contributed by atoms with Gasteiger partial charge in [0.15, 0.2) is 0 Å². The first-order valence-corrected chi connectivity index (χ1v) is 13.6. The molecule has 0 saturated heterocycles. The maximum atomic E-state index is 13.6. The van der Waals surface area contributed by atoms with Gasteiger partial charge < -0.3 is 20.1 Å². The molecule has 2 aromatic carbocycles. The normalized spacial score (nSPS) is 19.9. The molecule has 0 fully saturated rings. The van der Waals surface area contributed by atoms with E-state index in [4.69, 9.17) is 4.74 Å². The number of nitrogens with one attached hydrogen (secondary N) is 1. The van der Waals surface area contributed by atoms with Gasteiger partial charge in [-0.05, 0) is 63.2 Å². The summed E-state index contributed by atoms with van der Waals surface area (Å²) < 4.78 is 47.9. The molecule has 0 spiro atoms. The van der Waals surface area contributed by atoms with Gasteiger partial charge in [0.25, 0.3) is 0 Å². The predicted octanol–water partition coefficient (Wildman–Crippen LogP) is 3.04. The Morgan fingerprint density at radius 1 is 1.19 bits per heavy atom. The molecule has 1 aliphatic rings. The SMILES string of the molecule is CC(C)NC(=O)N(C)C[C@@H]1Oc2cc(C#Cc3ccc(F)cc3)ccc2S(=O)(=O)N([C@@H](C)CO)C[C@H]1C. The van der Waals surface area contributed by atoms with Crippen LogP contribution in [0.3, 0.4) is 0 Å². The third kappa shape index (κ3) is 7.01. The molecular weight excluding hydrogens is 497 g/mol. The Morgan fingerprint density at radius 2 is 1.81 bits per heavy atom. The summed E-state index contributed by atoms with van der Waals surface area (Å²) in [7, 11) is -2.34. The summed E-state index contributed by atoms with van der Waals surface area (Å²) in [6, 6.07) is 9.37. The van der Waals surface area contributed by atoms with Crippen molar-refractivity contribution in [2.24, 2.45) is 5.92 Å². The van der Waals surface area contributed by atoms with Crippen molar-refractivity contribution in [3.63, 3.8) is 0 Å². The van der Waals surface area contributed by atoms with Crippen LogP contribution in [0.1, 0.15) is 38.8 Å². The Hall–Kier alpha value is -3.13. The van der Waals surface area contributed by atoms with E-state index in [-0.39, 0.29) is 54.1 Å². The van der Waals surface area contributed by atoms with Crippen molar-refractivity contribution in [3.8, 4) is 17.6 Å². The number of ether oxygens (including phenoxy) is 1. The molecule has 0 radical (unpaired) electrons. The number of halogens is 1. The zero-order valence-corrected chi connectivity index (χ0v) is 22.5. The lowest BCUT2D eigenvalue weighted by molar-refractivity contribution is 0.0809. The number of benzene rings is 2. The number of likely N-dealkylation sites (N-methyl/N-ethyl adjacent to an activating group) is 1. The number of hydrogen-bond acceptors (Lipinski definition) is 5. The fourth-order valence-electron chi connectivity index (χ4n) is 3.91. The second-order valence-electron chi connectivity index (χ2n) is 9.64. The number of fused-ring (bicyclic) bond motifs is 1. The smallest absolute Gasteiger partial charge is 0.317 e. The lowest BCUT2D eigenvalue weighted by atomic mass is 10.0. The minimum Gasteiger partial charge on any atom is -0.487 e. The number of carbonyl (C=O) groups excluding carboxylic acids is 1. The predicted molar refractivity (Wildman–Crippen MR) is 139 cm³/mol. The molecule has 1 heterocycles. The van der Waals surface area contributed by atoms with Gasteiger partial charge in [-0.1, -0.05) is 18.8 Å². The van der Waals surface area contributed by atoms with Gasteiger partial charge in [-0.3, -0.25) is 0 Å². The van der Waals surface area contributed by atoms with Crippen LogP contribution in [-0.4, -0.2) is 73.7 Å². The molecule has 2 N–H and O–H groups in total. The second-order valence-corrected chi connectivity index (χ2v) is 11.5. The van der Waals surface area contributed by atoms with Crippen LogP contribution < -0.4 is 10.1 Å². The van der Waals surface area contributed by atoms with Gasteiger partial charge in [-0.2, -0.15) is 4.31 Å². The summed E-state index contributed by atoms with van der Waals surface area (Å²) in [4.78, 5) is 14.0. The zero-order chi connectivity index (χ0) is 27.3. The number of rotatable bonds is 5. The van der Waals surface area contributed by atoms with Gasteiger partial charge in [-0.15, -0.1) is 0 Å². The summed E-state index contributed by atoms with van der Waals surface area (Å²) >= 11 is 0. The van der Waals surface area contributed by atoms with E-state index in [1.165, 1.54) is 27.4 Å². The quantitative estimate of drug-likeness (QED) is 0.578. The highest BCUT2D eigenvalue weighted by molar-refractivity contribution is 7.89. The number of sulfonamides is 1. The first-order chi connectivity index (χ1) is 17.4. The van der Waals surface area contributed by atoms with Gasteiger partial charge in [0.2, 0.25) is 10.0 Å². The van der Waals surface area contributed by atoms with E-state index in [0.717, 1.165) is 0 Å². The van der Waals surface area contributed by atoms with E-state index in [1.807, 2.05) is 20.8 Å². The minimum absolute atomic E-state index is 0.0358. The van der Waals surface area contributed by atoms with Gasteiger partial charge in [0, 0.05) is 42.7 Å². The molecular formula is C27H34FN3O5S. The molecule has 2 amide bonds. The van der Waals surface area contributed by atoms with Crippen molar-refractivity contribution in [3.05, 3.63) is 59.4 Å². The summed E-state index contributed by atoms with van der Waals surface area (Å²) in [6.07, 6.45) is -0.536. The standard InChI is InChI=1S/C27H34FN3O5S/c1-18(2)29-27(33)30(5)16-25-19(3)15-31(20(4)17-32)37(34,35)26-13-10-22(14-24(26)36-25)7-6-21-8-11-23(28)12-9-21/h8-14,18-20,25,32H,15-17H2,1-5H3,(H,29,33)/t19-,20+,25+/m1/s1. The van der Waals surface area contributed by atoms with E-state index in [1.54, 1.807) is 38.2 Å². The average Bonchev–Trinajstić information content (AvgIpc) is 2.84. The van der Waals surface area contributed by atoms with E-state index < -0.39 is 22.2 Å². The molecule has 8 nitrogen and oxygen atoms in total. The molecule has 3 rings (SSSR count). The number of hydrogen-bond donors (Lipinski definition) is 2. The van der Waals surface area contributed by atoms with Crippen molar-refractivity contribution >= 4 is 16.1 Å². The second kappa shape index (κ2) is 11.9. The van der Waals surface area contributed by atoms with Crippen molar-refractivity contribution in [2.75, 3.05) is 26.7 Å². The molecule has 0 aliphatic carbocycles. The summed E-state index contributed by atoms with van der Waals surface area (Å²) in [5.41, 5.74) is 1.12. The lowest BCUT2D eigenvalue weighted by Gasteiger charge is -2.37. The monoisotopic (exact) mass is 531 g/mol. The van der Waals surface area contributed by atoms with Crippen molar-refractivity contribution in [1.82, 2.24) is 14.5 Å². The Balaban J connectivity index is 2.03. The number of aliphatic hydroxyl groups is 1. The number of nitrogens with zero attached hydrogens (tertiary/aromatic N) is 2. The highest BCUT2D eigenvalue weighted by Gasteiger charge is 2.38. The first-order valence-electron chi connectivity index (χ1n) is 12.1. The zero-order valence-electron chi connectivity index (χ0n) is 21.7. The van der Waals surface area contributed by atoms with Crippen LogP contribution in [0.4, 0.5) is 9.18 Å². The van der Waals surface area contributed by atoms with Gasteiger partial charge in [-0.25, -0.2) is 17.6 Å². The molecule has 2 aromatic rings. The number of aliphatic hydroxyl groups excluding tert-OH is 1. The Labute approximate surface area is 218 Å². The Morgan fingerprint density at radius 3 is 2.43 bits per heavy atom. The third-order valence-corrected chi connectivity index (χ3v) is 8.09. The minimum atomic E-state index is -3.99. The van der Waals surface area contributed by atoms with E-state index in [0.29, 0.717) is 11.1 Å². The molecule has 10 heteroatoms. The van der Waals surface area contributed by atoms with E-state index >= 15 is 0 Å². The summed E-state index contributed by atoms with van der Waals surface area (Å²) in [5.74, 6) is 5.36. The maximum Gasteiger partial charge on any atom is 0.317 e. The average molecular weight is 532 g/mol. The Bertz CT molecular complexity index is 1270. The van der Waals surface area contributed by atoms with E-state index in [9.17, 15) is 22.7 Å². The molecule has 37 heavy (non-hydrogen) atoms. The van der Waals surface area contributed by atoms with Crippen LogP contribution in [0, 0.1) is 23.6 Å². The number of amides is 2. The fourth-order valence-corrected chi connectivity index (χ4v) is 5.73. The largest absolute Gasteiger partial charge is 0.487 e.